The second-order valence-electron chi connectivity index (χ2n) is 4.75. The summed E-state index contributed by atoms with van der Waals surface area (Å²) in [5.41, 5.74) is 0.153. The monoisotopic (exact) mass is 348 g/mol. The number of rotatable bonds is 4. The van der Waals surface area contributed by atoms with E-state index >= 15 is 0 Å². The summed E-state index contributed by atoms with van der Waals surface area (Å²) in [6.07, 6.45) is 0. The average Bonchev–Trinajstić information content (AvgIpc) is 2.90. The summed E-state index contributed by atoms with van der Waals surface area (Å²) in [5, 5.41) is 1.08. The van der Waals surface area contributed by atoms with Gasteiger partial charge >= 0.3 is 5.97 Å². The Morgan fingerprint density at radius 1 is 1.13 bits per heavy atom. The Kier molecular flexibility index (Phi) is 4.41. The molecular formula is C17H10ClFO3S. The minimum atomic E-state index is -0.666. The Balaban J connectivity index is 1.74. The molecule has 3 aromatic rings. The Labute approximate surface area is 140 Å². The molecule has 0 spiro atoms. The van der Waals surface area contributed by atoms with Crippen LogP contribution in [-0.4, -0.2) is 18.4 Å². The molecule has 0 bridgehead atoms. The third kappa shape index (κ3) is 3.25. The lowest BCUT2D eigenvalue weighted by molar-refractivity contribution is 0.0480. The van der Waals surface area contributed by atoms with Gasteiger partial charge in [-0.25, -0.2) is 9.18 Å². The van der Waals surface area contributed by atoms with Gasteiger partial charge in [-0.05, 0) is 18.2 Å². The minimum absolute atomic E-state index is 0.153. The van der Waals surface area contributed by atoms with E-state index in [1.807, 2.05) is 24.3 Å². The predicted octanol–water partition coefficient (Wildman–Crippen LogP) is 4.73. The van der Waals surface area contributed by atoms with E-state index in [1.54, 1.807) is 0 Å². The lowest BCUT2D eigenvalue weighted by Crippen LogP contribution is -2.13. The molecule has 3 nitrogen and oxygen atoms in total. The number of Topliss-reactive ketones (excluding diaryl/α,β-unsaturated/α-hetero) is 1. The van der Waals surface area contributed by atoms with Crippen LogP contribution in [0.15, 0.2) is 48.5 Å². The summed E-state index contributed by atoms with van der Waals surface area (Å²) in [7, 11) is 0. The third-order valence-corrected chi connectivity index (χ3v) is 4.86. The highest BCUT2D eigenvalue weighted by atomic mass is 35.5. The van der Waals surface area contributed by atoms with Crippen molar-refractivity contribution < 1.29 is 18.7 Å². The number of carbonyl (C=O) groups excluding carboxylic acids is 2. The number of fused-ring (bicyclic) bond motifs is 1. The third-order valence-electron chi connectivity index (χ3n) is 3.20. The van der Waals surface area contributed by atoms with E-state index < -0.39 is 24.2 Å². The topological polar surface area (TPSA) is 43.4 Å². The Bertz CT molecular complexity index is 904. The SMILES string of the molecule is O=C(COC(=O)c1sc2ccccc2c1Cl)c1cccc(F)c1. The summed E-state index contributed by atoms with van der Waals surface area (Å²) in [5.74, 6) is -1.66. The van der Waals surface area contributed by atoms with Crippen molar-refractivity contribution in [2.45, 2.75) is 0 Å². The maximum absolute atomic E-state index is 13.1. The molecule has 0 N–H and O–H groups in total. The number of thiophene rings is 1. The summed E-state index contributed by atoms with van der Waals surface area (Å²) in [4.78, 5) is 24.3. The van der Waals surface area contributed by atoms with Gasteiger partial charge in [0.25, 0.3) is 0 Å². The van der Waals surface area contributed by atoms with E-state index in [0.717, 1.165) is 16.2 Å². The first kappa shape index (κ1) is 15.6. The van der Waals surface area contributed by atoms with Crippen molar-refractivity contribution >= 4 is 44.8 Å². The molecule has 0 atom stereocenters. The number of esters is 1. The fraction of sp³-hybridized carbons (Fsp3) is 0.0588. The van der Waals surface area contributed by atoms with E-state index in [2.05, 4.69) is 0 Å². The van der Waals surface area contributed by atoms with Crippen LogP contribution in [0.1, 0.15) is 20.0 Å². The van der Waals surface area contributed by atoms with Crippen LogP contribution in [0.3, 0.4) is 0 Å². The summed E-state index contributed by atoms with van der Waals surface area (Å²) >= 11 is 7.38. The summed E-state index contributed by atoms with van der Waals surface area (Å²) in [6.45, 7) is -0.465. The van der Waals surface area contributed by atoms with Crippen molar-refractivity contribution in [1.29, 1.82) is 0 Å². The molecule has 2 aromatic carbocycles. The number of ether oxygens (including phenoxy) is 1. The highest BCUT2D eigenvalue weighted by Crippen LogP contribution is 2.35. The second kappa shape index (κ2) is 6.48. The van der Waals surface area contributed by atoms with Crippen LogP contribution in [0.4, 0.5) is 4.39 Å². The molecule has 0 unspecified atom stereocenters. The fourth-order valence-electron chi connectivity index (χ4n) is 2.09. The summed E-state index contributed by atoms with van der Waals surface area (Å²) in [6, 6.07) is 12.5. The average molecular weight is 349 g/mol. The van der Waals surface area contributed by atoms with Crippen LogP contribution < -0.4 is 0 Å². The Morgan fingerprint density at radius 3 is 2.65 bits per heavy atom. The van der Waals surface area contributed by atoms with E-state index in [4.69, 9.17) is 16.3 Å². The highest BCUT2D eigenvalue weighted by molar-refractivity contribution is 7.21. The smallest absolute Gasteiger partial charge is 0.350 e. The molecule has 116 valence electrons. The second-order valence-corrected chi connectivity index (χ2v) is 6.18. The standard InChI is InChI=1S/C17H10ClFO3S/c18-15-12-6-1-2-7-14(12)23-16(15)17(21)22-9-13(20)10-4-3-5-11(19)8-10/h1-8H,9H2. The zero-order valence-corrected chi connectivity index (χ0v) is 13.3. The van der Waals surface area contributed by atoms with Gasteiger partial charge in [0.1, 0.15) is 10.7 Å². The minimum Gasteiger partial charge on any atom is -0.453 e. The molecule has 0 aliphatic rings. The van der Waals surface area contributed by atoms with Crippen LogP contribution in [0.5, 0.6) is 0 Å². The van der Waals surface area contributed by atoms with E-state index in [1.165, 1.54) is 29.5 Å². The number of halogens is 2. The molecule has 0 radical (unpaired) electrons. The van der Waals surface area contributed by atoms with Gasteiger partial charge in [-0.3, -0.25) is 4.79 Å². The van der Waals surface area contributed by atoms with Crippen molar-refractivity contribution in [3.05, 3.63) is 69.8 Å². The molecular weight excluding hydrogens is 339 g/mol. The maximum atomic E-state index is 13.1. The first-order valence-electron chi connectivity index (χ1n) is 6.69. The molecule has 1 heterocycles. The van der Waals surface area contributed by atoms with Crippen LogP contribution in [0, 0.1) is 5.82 Å². The van der Waals surface area contributed by atoms with Gasteiger partial charge in [0.05, 0.1) is 5.02 Å². The lowest BCUT2D eigenvalue weighted by atomic mass is 10.1. The normalized spacial score (nSPS) is 10.7. The van der Waals surface area contributed by atoms with E-state index in [0.29, 0.717) is 5.02 Å². The molecule has 3 rings (SSSR count). The molecule has 0 aliphatic heterocycles. The predicted molar refractivity (Wildman–Crippen MR) is 87.8 cm³/mol. The molecule has 0 amide bonds. The van der Waals surface area contributed by atoms with Crippen LogP contribution in [0.2, 0.25) is 5.02 Å². The van der Waals surface area contributed by atoms with E-state index in [9.17, 15) is 14.0 Å². The van der Waals surface area contributed by atoms with Gasteiger partial charge in [0.15, 0.2) is 12.4 Å². The Hall–Kier alpha value is -2.24. The van der Waals surface area contributed by atoms with Crippen LogP contribution in [0.25, 0.3) is 10.1 Å². The molecule has 23 heavy (non-hydrogen) atoms. The van der Waals surface area contributed by atoms with Gasteiger partial charge in [0, 0.05) is 15.6 Å². The number of ketones is 1. The molecule has 1 aromatic heterocycles. The number of hydrogen-bond donors (Lipinski definition) is 0. The van der Waals surface area contributed by atoms with Crippen molar-refractivity contribution in [2.24, 2.45) is 0 Å². The molecule has 0 saturated heterocycles. The van der Waals surface area contributed by atoms with Gasteiger partial charge < -0.3 is 4.74 Å². The number of hydrogen-bond acceptors (Lipinski definition) is 4. The largest absolute Gasteiger partial charge is 0.453 e. The van der Waals surface area contributed by atoms with Crippen molar-refractivity contribution in [1.82, 2.24) is 0 Å². The maximum Gasteiger partial charge on any atom is 0.350 e. The Morgan fingerprint density at radius 2 is 1.91 bits per heavy atom. The van der Waals surface area contributed by atoms with Gasteiger partial charge in [0.2, 0.25) is 0 Å². The quantitative estimate of drug-likeness (QED) is 0.505. The van der Waals surface area contributed by atoms with E-state index in [-0.39, 0.29) is 10.4 Å². The lowest BCUT2D eigenvalue weighted by Gasteiger charge is -2.03. The van der Waals surface area contributed by atoms with Crippen LogP contribution in [-0.2, 0) is 4.74 Å². The van der Waals surface area contributed by atoms with Gasteiger partial charge in [-0.1, -0.05) is 41.9 Å². The summed E-state index contributed by atoms with van der Waals surface area (Å²) < 4.78 is 19.0. The fourth-order valence-corrected chi connectivity index (χ4v) is 3.49. The van der Waals surface area contributed by atoms with Gasteiger partial charge in [-0.2, -0.15) is 0 Å². The molecule has 6 heteroatoms. The highest BCUT2D eigenvalue weighted by Gasteiger charge is 2.19. The first-order valence-corrected chi connectivity index (χ1v) is 7.88. The molecule has 0 fully saturated rings. The zero-order chi connectivity index (χ0) is 16.4. The van der Waals surface area contributed by atoms with Crippen molar-refractivity contribution in [3.8, 4) is 0 Å². The first-order chi connectivity index (χ1) is 11.1. The number of carbonyl (C=O) groups is 2. The van der Waals surface area contributed by atoms with Gasteiger partial charge in [-0.15, -0.1) is 11.3 Å². The van der Waals surface area contributed by atoms with Crippen molar-refractivity contribution in [3.63, 3.8) is 0 Å². The van der Waals surface area contributed by atoms with Crippen LogP contribution >= 0.6 is 22.9 Å². The molecule has 0 saturated carbocycles. The number of benzene rings is 2. The molecule has 0 aliphatic carbocycles. The zero-order valence-electron chi connectivity index (χ0n) is 11.7. The van der Waals surface area contributed by atoms with Crippen molar-refractivity contribution in [2.75, 3.05) is 6.61 Å².